The summed E-state index contributed by atoms with van der Waals surface area (Å²) in [4.78, 5) is 27.8. The molecule has 0 aliphatic heterocycles. The van der Waals surface area contributed by atoms with E-state index in [1.165, 1.54) is 6.07 Å². The van der Waals surface area contributed by atoms with Gasteiger partial charge in [0.05, 0.1) is 5.92 Å². The largest absolute Gasteiger partial charge is 0.459 e. The zero-order chi connectivity index (χ0) is 14.8. The lowest BCUT2D eigenvalue weighted by Crippen LogP contribution is -2.21. The van der Waals surface area contributed by atoms with E-state index in [9.17, 15) is 9.59 Å². The normalized spacial score (nSPS) is 16.5. The molecular formula is C15H15N3O3. The number of esters is 1. The first-order chi connectivity index (χ1) is 10.1. The SMILES string of the molecule is Cc1cc(=O)c(COC(=O)C2Cc3ccncc3C2)n[nH]1. The number of H-pyrrole nitrogens is 1. The summed E-state index contributed by atoms with van der Waals surface area (Å²) in [6.45, 7) is 1.65. The maximum absolute atomic E-state index is 12.1. The Balaban J connectivity index is 1.62. The number of nitrogens with one attached hydrogen (secondary N) is 1. The van der Waals surface area contributed by atoms with Gasteiger partial charge in [0, 0.05) is 24.2 Å². The summed E-state index contributed by atoms with van der Waals surface area (Å²) in [6.07, 6.45) is 4.81. The molecule has 2 aromatic rings. The number of hydrogen-bond donors (Lipinski definition) is 1. The highest BCUT2D eigenvalue weighted by Crippen LogP contribution is 2.26. The molecule has 1 aliphatic rings. The van der Waals surface area contributed by atoms with E-state index < -0.39 is 0 Å². The van der Waals surface area contributed by atoms with Gasteiger partial charge in [-0.25, -0.2) is 0 Å². The highest BCUT2D eigenvalue weighted by molar-refractivity contribution is 5.74. The second kappa shape index (κ2) is 5.47. The number of ether oxygens (including phenoxy) is 1. The Morgan fingerprint density at radius 3 is 3.00 bits per heavy atom. The Morgan fingerprint density at radius 1 is 1.43 bits per heavy atom. The van der Waals surface area contributed by atoms with E-state index in [-0.39, 0.29) is 29.6 Å². The van der Waals surface area contributed by atoms with E-state index in [2.05, 4.69) is 15.2 Å². The average Bonchev–Trinajstić information content (AvgIpc) is 2.90. The molecule has 1 atom stereocenters. The third-order valence-corrected chi connectivity index (χ3v) is 3.62. The van der Waals surface area contributed by atoms with Gasteiger partial charge in [-0.1, -0.05) is 0 Å². The molecule has 0 saturated heterocycles. The van der Waals surface area contributed by atoms with Crippen LogP contribution in [0.15, 0.2) is 29.3 Å². The van der Waals surface area contributed by atoms with Crippen molar-refractivity contribution in [2.45, 2.75) is 26.4 Å². The molecule has 1 N–H and O–H groups in total. The van der Waals surface area contributed by atoms with Crippen molar-refractivity contribution in [1.29, 1.82) is 0 Å². The predicted octanol–water partition coefficient (Wildman–Crippen LogP) is 0.932. The summed E-state index contributed by atoms with van der Waals surface area (Å²) in [6, 6.07) is 3.36. The van der Waals surface area contributed by atoms with Gasteiger partial charge in [-0.2, -0.15) is 5.10 Å². The van der Waals surface area contributed by atoms with Crippen LogP contribution in [-0.4, -0.2) is 21.2 Å². The highest BCUT2D eigenvalue weighted by Gasteiger charge is 2.28. The summed E-state index contributed by atoms with van der Waals surface area (Å²) >= 11 is 0. The summed E-state index contributed by atoms with van der Waals surface area (Å²) in [5.41, 5.74) is 2.89. The lowest BCUT2D eigenvalue weighted by molar-refractivity contribution is -0.149. The summed E-state index contributed by atoms with van der Waals surface area (Å²) in [5.74, 6) is -0.498. The first-order valence-electron chi connectivity index (χ1n) is 6.77. The fourth-order valence-electron chi connectivity index (χ4n) is 2.49. The van der Waals surface area contributed by atoms with Crippen LogP contribution in [0.25, 0.3) is 0 Å². The molecule has 2 heterocycles. The number of carbonyl (C=O) groups is 1. The Bertz CT molecular complexity index is 714. The molecule has 0 bridgehead atoms. The molecule has 6 nitrogen and oxygen atoms in total. The van der Waals surface area contributed by atoms with E-state index in [0.717, 1.165) is 11.1 Å². The first-order valence-corrected chi connectivity index (χ1v) is 6.77. The predicted molar refractivity (Wildman–Crippen MR) is 74.5 cm³/mol. The van der Waals surface area contributed by atoms with Crippen LogP contribution in [0.3, 0.4) is 0 Å². The summed E-state index contributed by atoms with van der Waals surface area (Å²) < 4.78 is 5.22. The third kappa shape index (κ3) is 2.84. The number of aryl methyl sites for hydroxylation is 1. The smallest absolute Gasteiger partial charge is 0.310 e. The number of carbonyl (C=O) groups excluding carboxylic acids is 1. The van der Waals surface area contributed by atoms with E-state index >= 15 is 0 Å². The van der Waals surface area contributed by atoms with Crippen LogP contribution in [0, 0.1) is 12.8 Å². The van der Waals surface area contributed by atoms with Crippen LogP contribution in [-0.2, 0) is 29.0 Å². The molecular weight excluding hydrogens is 270 g/mol. The van der Waals surface area contributed by atoms with Crippen LogP contribution in [0.2, 0.25) is 0 Å². The molecule has 21 heavy (non-hydrogen) atoms. The number of fused-ring (bicyclic) bond motifs is 1. The monoisotopic (exact) mass is 285 g/mol. The van der Waals surface area contributed by atoms with Crippen molar-refractivity contribution in [2.75, 3.05) is 0 Å². The maximum Gasteiger partial charge on any atom is 0.310 e. The van der Waals surface area contributed by atoms with Gasteiger partial charge in [-0.05, 0) is 37.0 Å². The molecule has 3 rings (SSSR count). The molecule has 0 radical (unpaired) electrons. The maximum atomic E-state index is 12.1. The van der Waals surface area contributed by atoms with E-state index in [4.69, 9.17) is 4.74 Å². The minimum atomic E-state index is -0.298. The molecule has 2 aromatic heterocycles. The molecule has 1 aliphatic carbocycles. The van der Waals surface area contributed by atoms with Crippen molar-refractivity contribution in [3.05, 3.63) is 57.3 Å². The lowest BCUT2D eigenvalue weighted by atomic mass is 10.1. The van der Waals surface area contributed by atoms with Gasteiger partial charge >= 0.3 is 5.97 Å². The number of aromatic amines is 1. The Labute approximate surface area is 121 Å². The number of aromatic nitrogens is 3. The van der Waals surface area contributed by atoms with Crippen LogP contribution >= 0.6 is 0 Å². The number of nitrogens with zero attached hydrogens (tertiary/aromatic N) is 2. The number of rotatable bonds is 3. The van der Waals surface area contributed by atoms with Gasteiger partial charge in [-0.15, -0.1) is 0 Å². The molecule has 1 unspecified atom stereocenters. The quantitative estimate of drug-likeness (QED) is 0.848. The van der Waals surface area contributed by atoms with E-state index in [1.807, 2.05) is 6.07 Å². The van der Waals surface area contributed by atoms with Crippen molar-refractivity contribution < 1.29 is 9.53 Å². The minimum Gasteiger partial charge on any atom is -0.459 e. The van der Waals surface area contributed by atoms with Gasteiger partial charge in [0.1, 0.15) is 12.3 Å². The fraction of sp³-hybridized carbons (Fsp3) is 0.333. The molecule has 6 heteroatoms. The van der Waals surface area contributed by atoms with Gasteiger partial charge < -0.3 is 4.74 Å². The van der Waals surface area contributed by atoms with Gasteiger partial charge in [-0.3, -0.25) is 19.7 Å². The van der Waals surface area contributed by atoms with E-state index in [0.29, 0.717) is 18.5 Å². The summed E-state index contributed by atoms with van der Waals surface area (Å²) in [5, 5.41) is 6.59. The summed E-state index contributed by atoms with van der Waals surface area (Å²) in [7, 11) is 0. The second-order valence-electron chi connectivity index (χ2n) is 5.22. The highest BCUT2D eigenvalue weighted by atomic mass is 16.5. The van der Waals surface area contributed by atoms with Crippen molar-refractivity contribution in [1.82, 2.24) is 15.2 Å². The molecule has 0 fully saturated rings. The van der Waals surface area contributed by atoms with Crippen molar-refractivity contribution in [3.8, 4) is 0 Å². The number of pyridine rings is 1. The Morgan fingerprint density at radius 2 is 2.24 bits per heavy atom. The molecule has 0 amide bonds. The lowest BCUT2D eigenvalue weighted by Gasteiger charge is -2.09. The van der Waals surface area contributed by atoms with Crippen LogP contribution < -0.4 is 5.43 Å². The van der Waals surface area contributed by atoms with Crippen molar-refractivity contribution in [2.24, 2.45) is 5.92 Å². The van der Waals surface area contributed by atoms with Crippen LogP contribution in [0.1, 0.15) is 22.5 Å². The third-order valence-electron chi connectivity index (χ3n) is 3.62. The zero-order valence-corrected chi connectivity index (χ0v) is 11.6. The van der Waals surface area contributed by atoms with Crippen LogP contribution in [0.5, 0.6) is 0 Å². The number of hydrogen-bond acceptors (Lipinski definition) is 5. The Kier molecular flexibility index (Phi) is 3.51. The van der Waals surface area contributed by atoms with E-state index in [1.54, 1.807) is 19.3 Å². The van der Waals surface area contributed by atoms with Crippen molar-refractivity contribution in [3.63, 3.8) is 0 Å². The van der Waals surface area contributed by atoms with Gasteiger partial charge in [0.2, 0.25) is 5.43 Å². The van der Waals surface area contributed by atoms with Gasteiger partial charge in [0.15, 0.2) is 0 Å². The molecule has 0 saturated carbocycles. The fourth-order valence-corrected chi connectivity index (χ4v) is 2.49. The topological polar surface area (TPSA) is 84.9 Å². The second-order valence-corrected chi connectivity index (χ2v) is 5.22. The minimum absolute atomic E-state index is 0.0977. The molecule has 108 valence electrons. The molecule has 0 spiro atoms. The average molecular weight is 285 g/mol. The standard InChI is InChI=1S/C15H15N3O3/c1-9-4-14(19)13(18-17-9)8-21-15(20)11-5-10-2-3-16-7-12(10)6-11/h2-4,7,11H,5-6,8H2,1H3,(H,17,19). The van der Waals surface area contributed by atoms with Crippen LogP contribution in [0.4, 0.5) is 0 Å². The van der Waals surface area contributed by atoms with Crippen molar-refractivity contribution >= 4 is 5.97 Å². The Hall–Kier alpha value is -2.50. The van der Waals surface area contributed by atoms with Gasteiger partial charge in [0.25, 0.3) is 0 Å². The molecule has 0 aromatic carbocycles. The first kappa shape index (κ1) is 13.5. The zero-order valence-electron chi connectivity index (χ0n) is 11.6.